The molecule has 8 heteroatoms. The third-order valence-electron chi connectivity index (χ3n) is 4.91. The van der Waals surface area contributed by atoms with Gasteiger partial charge in [-0.1, -0.05) is 0 Å². The molecule has 1 aromatic carbocycles. The van der Waals surface area contributed by atoms with Crippen LogP contribution >= 0.6 is 0 Å². The standard InChI is InChI=1S/C16H21F3NO4/c1-20(2)5-4-9-6-11-14(24-8-23-11)15(22-3)13(9)10(20)7-12(21)16(17,18)19/h6,10,12,21H,4-5,7-8H2,1-3H3/q+1/t10-,12-/m0/s1. The lowest BCUT2D eigenvalue weighted by molar-refractivity contribution is -0.924. The quantitative estimate of drug-likeness (QED) is 0.853. The van der Waals surface area contributed by atoms with Gasteiger partial charge in [0.05, 0.1) is 33.3 Å². The number of hydrogen-bond donors (Lipinski definition) is 1. The van der Waals surface area contributed by atoms with Crippen molar-refractivity contribution in [1.29, 1.82) is 0 Å². The molecule has 0 amide bonds. The minimum Gasteiger partial charge on any atom is -0.492 e. The summed E-state index contributed by atoms with van der Waals surface area (Å²) in [6.45, 7) is 0.716. The molecule has 2 atom stereocenters. The Morgan fingerprint density at radius 1 is 1.38 bits per heavy atom. The van der Waals surface area contributed by atoms with E-state index < -0.39 is 24.7 Å². The van der Waals surface area contributed by atoms with Gasteiger partial charge in [0.2, 0.25) is 12.5 Å². The smallest absolute Gasteiger partial charge is 0.414 e. The predicted molar refractivity (Wildman–Crippen MR) is 79.2 cm³/mol. The van der Waals surface area contributed by atoms with Crippen LogP contribution in [0, 0.1) is 0 Å². The van der Waals surface area contributed by atoms with Gasteiger partial charge in [-0.3, -0.25) is 0 Å². The van der Waals surface area contributed by atoms with E-state index in [4.69, 9.17) is 14.2 Å². The molecule has 0 bridgehead atoms. The number of aliphatic hydroxyl groups excluding tert-OH is 1. The van der Waals surface area contributed by atoms with Crippen molar-refractivity contribution in [2.45, 2.75) is 31.2 Å². The zero-order chi connectivity index (χ0) is 17.7. The molecule has 0 aromatic heterocycles. The second kappa shape index (κ2) is 5.70. The van der Waals surface area contributed by atoms with Crippen LogP contribution in [0.15, 0.2) is 6.07 Å². The molecule has 3 rings (SSSR count). The van der Waals surface area contributed by atoms with Crippen molar-refractivity contribution in [3.8, 4) is 17.2 Å². The largest absolute Gasteiger partial charge is 0.492 e. The Kier molecular flexibility index (Phi) is 4.08. The maximum atomic E-state index is 12.9. The van der Waals surface area contributed by atoms with Crippen molar-refractivity contribution in [2.75, 3.05) is 34.5 Å². The summed E-state index contributed by atoms with van der Waals surface area (Å²) in [5, 5.41) is 9.62. The fraction of sp³-hybridized carbons (Fsp3) is 0.625. The van der Waals surface area contributed by atoms with Gasteiger partial charge in [0, 0.05) is 12.8 Å². The fourth-order valence-electron chi connectivity index (χ4n) is 3.51. The summed E-state index contributed by atoms with van der Waals surface area (Å²) in [6, 6.07) is 1.25. The number of alkyl halides is 3. The minimum absolute atomic E-state index is 0.0582. The molecule has 0 spiro atoms. The van der Waals surface area contributed by atoms with E-state index in [-0.39, 0.29) is 6.79 Å². The van der Waals surface area contributed by atoms with Gasteiger partial charge < -0.3 is 23.8 Å². The molecule has 0 saturated heterocycles. The fourth-order valence-corrected chi connectivity index (χ4v) is 3.51. The lowest BCUT2D eigenvalue weighted by Gasteiger charge is -2.44. The third kappa shape index (κ3) is 2.77. The minimum atomic E-state index is -4.65. The number of aliphatic hydroxyl groups is 1. The topological polar surface area (TPSA) is 47.9 Å². The molecular formula is C16H21F3NO4+. The first kappa shape index (κ1) is 17.2. The maximum absolute atomic E-state index is 12.9. The van der Waals surface area contributed by atoms with E-state index in [1.807, 2.05) is 20.2 Å². The van der Waals surface area contributed by atoms with Crippen molar-refractivity contribution in [3.05, 3.63) is 17.2 Å². The van der Waals surface area contributed by atoms with Crippen LogP contribution in [0.1, 0.15) is 23.6 Å². The Balaban J connectivity index is 2.09. The molecule has 0 radical (unpaired) electrons. The molecule has 24 heavy (non-hydrogen) atoms. The van der Waals surface area contributed by atoms with E-state index in [0.717, 1.165) is 5.56 Å². The number of halogens is 3. The van der Waals surface area contributed by atoms with Gasteiger partial charge in [0.25, 0.3) is 0 Å². The van der Waals surface area contributed by atoms with Crippen molar-refractivity contribution in [3.63, 3.8) is 0 Å². The van der Waals surface area contributed by atoms with Crippen LogP contribution in [-0.2, 0) is 6.42 Å². The Bertz CT molecular complexity index is 645. The average molecular weight is 348 g/mol. The van der Waals surface area contributed by atoms with Gasteiger partial charge in [-0.25, -0.2) is 0 Å². The molecule has 2 aliphatic rings. The SMILES string of the molecule is COc1c2c(cc3c1[C@H](C[C@H](O)C(F)(F)F)[N+](C)(C)CC3)OCO2. The molecule has 0 saturated carbocycles. The number of methoxy groups -OCH3 is 1. The highest BCUT2D eigenvalue weighted by Gasteiger charge is 2.47. The maximum Gasteiger partial charge on any atom is 0.414 e. The van der Waals surface area contributed by atoms with Crippen molar-refractivity contribution in [1.82, 2.24) is 0 Å². The van der Waals surface area contributed by atoms with Crippen LogP contribution < -0.4 is 14.2 Å². The zero-order valence-corrected chi connectivity index (χ0v) is 13.8. The predicted octanol–water partition coefficient (Wildman–Crippen LogP) is 2.41. The third-order valence-corrected chi connectivity index (χ3v) is 4.91. The highest BCUT2D eigenvalue weighted by molar-refractivity contribution is 5.61. The van der Waals surface area contributed by atoms with Gasteiger partial charge >= 0.3 is 6.18 Å². The Morgan fingerprint density at radius 3 is 2.71 bits per heavy atom. The molecule has 1 N–H and O–H groups in total. The van der Waals surface area contributed by atoms with Gasteiger partial charge in [0.15, 0.2) is 17.6 Å². The number of benzene rings is 1. The van der Waals surface area contributed by atoms with E-state index in [1.54, 1.807) is 0 Å². The van der Waals surface area contributed by atoms with Crippen LogP contribution in [0.25, 0.3) is 0 Å². The summed E-state index contributed by atoms with van der Waals surface area (Å²) in [4.78, 5) is 0. The lowest BCUT2D eigenvalue weighted by atomic mass is 9.86. The normalized spacial score (nSPS) is 22.9. The summed E-state index contributed by atoms with van der Waals surface area (Å²) >= 11 is 0. The molecule has 5 nitrogen and oxygen atoms in total. The monoisotopic (exact) mass is 348 g/mol. The first-order valence-corrected chi connectivity index (χ1v) is 7.72. The van der Waals surface area contributed by atoms with E-state index in [0.29, 0.717) is 40.3 Å². The second-order valence-corrected chi connectivity index (χ2v) is 6.78. The van der Waals surface area contributed by atoms with Crippen molar-refractivity contribution in [2.24, 2.45) is 0 Å². The van der Waals surface area contributed by atoms with E-state index >= 15 is 0 Å². The molecule has 0 fully saturated rings. The number of likely N-dealkylation sites (N-methyl/N-ethyl adjacent to an activating group) is 1. The van der Waals surface area contributed by atoms with Crippen LogP contribution in [0.4, 0.5) is 13.2 Å². The summed E-state index contributed by atoms with van der Waals surface area (Å²) in [6.07, 6.45) is -6.78. The van der Waals surface area contributed by atoms with Gasteiger partial charge in [-0.15, -0.1) is 0 Å². The van der Waals surface area contributed by atoms with Crippen molar-refractivity contribution < 1.29 is 37.0 Å². The number of rotatable bonds is 3. The summed E-state index contributed by atoms with van der Waals surface area (Å²) in [5.74, 6) is 1.38. The summed E-state index contributed by atoms with van der Waals surface area (Å²) in [5.41, 5.74) is 1.55. The molecule has 0 unspecified atom stereocenters. The molecule has 2 heterocycles. The van der Waals surface area contributed by atoms with Crippen molar-refractivity contribution >= 4 is 0 Å². The number of ether oxygens (including phenoxy) is 3. The molecular weight excluding hydrogens is 327 g/mol. The lowest BCUT2D eigenvalue weighted by Crippen LogP contribution is -2.50. The van der Waals surface area contributed by atoms with E-state index in [1.165, 1.54) is 7.11 Å². The van der Waals surface area contributed by atoms with E-state index in [2.05, 4.69) is 0 Å². The Hall–Kier alpha value is -1.67. The Labute approximate surface area is 138 Å². The Morgan fingerprint density at radius 2 is 2.08 bits per heavy atom. The van der Waals surface area contributed by atoms with Gasteiger partial charge in [-0.05, 0) is 11.6 Å². The van der Waals surface area contributed by atoms with Crippen LogP contribution in [0.3, 0.4) is 0 Å². The number of hydrogen-bond acceptors (Lipinski definition) is 4. The second-order valence-electron chi connectivity index (χ2n) is 6.78. The van der Waals surface area contributed by atoms with Crippen LogP contribution in [-0.4, -0.2) is 56.4 Å². The van der Waals surface area contributed by atoms with Gasteiger partial charge in [-0.2, -0.15) is 13.2 Å². The zero-order valence-electron chi connectivity index (χ0n) is 13.8. The highest BCUT2D eigenvalue weighted by atomic mass is 19.4. The first-order chi connectivity index (χ1) is 11.1. The van der Waals surface area contributed by atoms with Crippen LogP contribution in [0.5, 0.6) is 17.2 Å². The van der Waals surface area contributed by atoms with Gasteiger partial charge in [0.1, 0.15) is 6.04 Å². The molecule has 1 aromatic rings. The number of fused-ring (bicyclic) bond motifs is 2. The average Bonchev–Trinajstić information content (AvgIpc) is 2.95. The molecule has 0 aliphatic carbocycles. The molecule has 134 valence electrons. The van der Waals surface area contributed by atoms with E-state index in [9.17, 15) is 18.3 Å². The number of quaternary nitrogens is 1. The first-order valence-electron chi connectivity index (χ1n) is 7.72. The molecule has 2 aliphatic heterocycles. The summed E-state index contributed by atoms with van der Waals surface area (Å²) < 4.78 is 55.3. The summed E-state index contributed by atoms with van der Waals surface area (Å²) in [7, 11) is 5.19. The highest BCUT2D eigenvalue weighted by Crippen LogP contribution is 2.52. The number of nitrogens with zero attached hydrogens (tertiary/aromatic N) is 1. The van der Waals surface area contributed by atoms with Crippen LogP contribution in [0.2, 0.25) is 0 Å².